The van der Waals surface area contributed by atoms with E-state index in [1.807, 2.05) is 13.2 Å². The molecule has 2 aliphatic heterocycles. The molecule has 1 unspecified atom stereocenters. The summed E-state index contributed by atoms with van der Waals surface area (Å²) in [5, 5.41) is 0.311. The molecule has 2 heterocycles. The van der Waals surface area contributed by atoms with Crippen LogP contribution in [0.3, 0.4) is 0 Å². The van der Waals surface area contributed by atoms with Crippen molar-refractivity contribution >= 4 is 102 Å². The van der Waals surface area contributed by atoms with Gasteiger partial charge in [-0.15, -0.1) is 18.2 Å². The van der Waals surface area contributed by atoms with Crippen molar-refractivity contribution in [2.45, 2.75) is 352 Å². The minimum absolute atomic E-state index is 0.000288. The number of alkyl halides is 1. The maximum atomic E-state index is 13.6. The van der Waals surface area contributed by atoms with E-state index in [1.54, 1.807) is 6.08 Å². The molecule has 0 radical (unpaired) electrons. The molecule has 0 spiro atoms. The number of carbonyl (C=O) groups excluding carboxylic acids is 2. The molecule has 3 rings (SSSR count). The molecule has 1 aromatic rings. The van der Waals surface area contributed by atoms with Gasteiger partial charge in [0.2, 0.25) is 0 Å². The van der Waals surface area contributed by atoms with Crippen LogP contribution >= 0.6 is 46.4 Å². The summed E-state index contributed by atoms with van der Waals surface area (Å²) in [5.41, 5.74) is 0.567. The SMILES string of the molecule is C=C[C@](C)(O[Si](C)(C)C(C)(C)C)[C@@H](CCCOC(=O)c1c(Cl)cc(Cl)cc1Cl)OC(CC[C@@]1(C)O[C@H]2[C@@H](O[Si](C(C)C)(C(C)C)C(C)C)C[C@@H](CCCO[Si](C(C)C)(C(C)C)C(C)C)O[C@@H]2C[C@@H]1O/C=C/[CH2][Sn]([CH2]CCC)([CH2]CCC)[CH2]CCC)OC(=O)CCl. The fourth-order valence-corrected chi connectivity index (χ4v) is 43.8. The molecule has 0 bridgehead atoms. The number of hydrogen-bond donors (Lipinski definition) is 0. The summed E-state index contributed by atoms with van der Waals surface area (Å²) in [5.74, 6) is -1.68. The van der Waals surface area contributed by atoms with Crippen molar-refractivity contribution in [3.05, 3.63) is 57.8 Å². The third-order valence-electron chi connectivity index (χ3n) is 20.9. The first kappa shape index (κ1) is 84.0. The second-order valence-corrected chi connectivity index (χ2v) is 61.6. The number of hydrogen-bond acceptors (Lipinski definition) is 11. The van der Waals surface area contributed by atoms with Gasteiger partial charge in [0.15, 0.2) is 16.6 Å². The molecular formula is C71H128Cl4O11Si3Sn. The molecule has 0 amide bonds. The standard InChI is InChI=1S/C59H101Cl4O11Si3.3C4H9.Sn/c1-22-30-66-51-36-48-55(49(73-77(41(9)10,42(11)12)43(13)14)35-45(69-48)26-24-32-68-76(38(3)4,39(5)6)40(7)8)72-59(51,19)29-28-53(71-52(64)37-60)70-50(58(18,23-2)74-75(20,21)57(15,16)17)27-25-31-67-56(65)54-46(62)33-44(61)34-47(54)63;3*1-3-4-2;/h22-23,30,33-34,38-43,45,48-51,53,55H,1-2,24-29,31-32,35-37H2,3-21H3;3*1,3-4H2,2H3;/b30-22+;;;;/t45-,48-,49+,50-,51+,53?,55-,58+,59-;;;;/m1..../s1. The Morgan fingerprint density at radius 1 is 0.767 bits per heavy atom. The smallest absolute Gasteiger partial charge is 0.114 e. The first-order valence-corrected chi connectivity index (χ1v) is 51.9. The van der Waals surface area contributed by atoms with E-state index in [0.717, 1.165) is 17.3 Å². The van der Waals surface area contributed by atoms with Crippen LogP contribution in [0.1, 0.15) is 239 Å². The number of allylic oxidation sites excluding steroid dienone is 1. The number of ether oxygens (including phenoxy) is 6. The monoisotopic (exact) mass is 1500 g/mol. The van der Waals surface area contributed by atoms with E-state index in [9.17, 15) is 9.59 Å². The van der Waals surface area contributed by atoms with Crippen molar-refractivity contribution in [2.24, 2.45) is 0 Å². The predicted octanol–water partition coefficient (Wildman–Crippen LogP) is 22.8. The molecule has 11 nitrogen and oxygen atoms in total. The minimum atomic E-state index is -2.60. The maximum absolute atomic E-state index is 13.6. The van der Waals surface area contributed by atoms with Crippen LogP contribution in [0.2, 0.25) is 84.2 Å². The van der Waals surface area contributed by atoms with Crippen LogP contribution in [0.25, 0.3) is 0 Å². The van der Waals surface area contributed by atoms with E-state index < -0.39 is 91.1 Å². The van der Waals surface area contributed by atoms with Crippen molar-refractivity contribution < 1.29 is 51.3 Å². The van der Waals surface area contributed by atoms with Crippen LogP contribution in [0.15, 0.2) is 37.1 Å². The van der Waals surface area contributed by atoms with Gasteiger partial charge in [-0.1, -0.05) is 145 Å². The number of benzene rings is 1. The molecular weight excluding hydrogens is 1370 g/mol. The second-order valence-electron chi connectivity index (χ2n) is 30.4. The Balaban J connectivity index is 2.23. The van der Waals surface area contributed by atoms with E-state index in [0.29, 0.717) is 77.0 Å². The van der Waals surface area contributed by atoms with Crippen molar-refractivity contribution in [1.82, 2.24) is 0 Å². The Bertz CT molecular complexity index is 2260. The molecule has 522 valence electrons. The number of rotatable bonds is 42. The average molecular weight is 1500 g/mol. The number of fused-ring (bicyclic) bond motifs is 1. The average Bonchev–Trinajstić information content (AvgIpc) is 1.12. The molecule has 90 heavy (non-hydrogen) atoms. The van der Waals surface area contributed by atoms with Crippen LogP contribution in [-0.4, -0.2) is 128 Å². The van der Waals surface area contributed by atoms with Crippen LogP contribution in [0.4, 0.5) is 0 Å². The topological polar surface area (TPSA) is 117 Å². The van der Waals surface area contributed by atoms with Crippen molar-refractivity contribution in [2.75, 3.05) is 19.1 Å². The number of unbranched alkanes of at least 4 members (excludes halogenated alkanes) is 3. The van der Waals surface area contributed by atoms with Gasteiger partial charge in [-0.3, -0.25) is 0 Å². The summed E-state index contributed by atoms with van der Waals surface area (Å²) in [6, 6.07) is 2.91. The van der Waals surface area contributed by atoms with Crippen LogP contribution in [-0.2, 0) is 46.5 Å². The number of esters is 2. The first-order chi connectivity index (χ1) is 41.9. The van der Waals surface area contributed by atoms with E-state index in [2.05, 4.69) is 157 Å². The molecule has 9 atom stereocenters. The summed E-state index contributed by atoms with van der Waals surface area (Å²) in [4.78, 5) is 27.1. The quantitative estimate of drug-likeness (QED) is 0.0118. The van der Waals surface area contributed by atoms with Crippen molar-refractivity contribution in [3.8, 4) is 0 Å². The summed E-state index contributed by atoms with van der Waals surface area (Å²) in [7, 11) is -7.07. The number of carbonyl (C=O) groups is 2. The summed E-state index contributed by atoms with van der Waals surface area (Å²) in [6.45, 7) is 55.3. The Morgan fingerprint density at radius 3 is 1.78 bits per heavy atom. The molecule has 0 saturated carbocycles. The van der Waals surface area contributed by atoms with Gasteiger partial charge in [-0.2, -0.15) is 0 Å². The van der Waals surface area contributed by atoms with Gasteiger partial charge in [0.05, 0.1) is 22.2 Å². The Hall–Kier alpha value is -0.191. The van der Waals surface area contributed by atoms with Crippen molar-refractivity contribution in [1.29, 1.82) is 0 Å². The fraction of sp³-hybridized carbons (Fsp3) is 0.831. The minimum Gasteiger partial charge on any atom is -0.114 e. The third-order valence-corrected chi connectivity index (χ3v) is 54.0. The molecule has 2 saturated heterocycles. The Morgan fingerprint density at radius 2 is 1.30 bits per heavy atom. The van der Waals surface area contributed by atoms with Crippen LogP contribution in [0, 0.1) is 0 Å². The van der Waals surface area contributed by atoms with Gasteiger partial charge in [-0.05, 0) is 60.2 Å². The fourth-order valence-electron chi connectivity index (χ4n) is 15.0. The predicted molar refractivity (Wildman–Crippen MR) is 390 cm³/mol. The normalized spacial score (nSPS) is 22.0. The zero-order valence-corrected chi connectivity index (χ0v) is 69.3. The molecule has 0 aliphatic carbocycles. The molecule has 0 N–H and O–H groups in total. The first-order valence-electron chi connectivity index (χ1n) is 35.0. The van der Waals surface area contributed by atoms with Crippen LogP contribution in [0.5, 0.6) is 0 Å². The number of halogens is 4. The Labute approximate surface area is 576 Å². The van der Waals surface area contributed by atoms with Gasteiger partial charge in [0.1, 0.15) is 0 Å². The molecule has 0 aromatic heterocycles. The summed E-state index contributed by atoms with van der Waals surface area (Å²) in [6.07, 6.45) is 14.7. The van der Waals surface area contributed by atoms with Gasteiger partial charge in [0, 0.05) is 5.02 Å². The zero-order valence-electron chi connectivity index (χ0n) is 60.5. The van der Waals surface area contributed by atoms with Gasteiger partial charge in [0.25, 0.3) is 0 Å². The van der Waals surface area contributed by atoms with E-state index >= 15 is 0 Å². The van der Waals surface area contributed by atoms with E-state index in [1.165, 1.54) is 64.0 Å². The molecule has 2 aliphatic rings. The van der Waals surface area contributed by atoms with Gasteiger partial charge in [-0.25, -0.2) is 4.79 Å². The zero-order chi connectivity index (χ0) is 68.2. The van der Waals surface area contributed by atoms with E-state index in [4.69, 9.17) is 88.1 Å². The van der Waals surface area contributed by atoms with Crippen molar-refractivity contribution in [3.63, 3.8) is 0 Å². The summed E-state index contributed by atoms with van der Waals surface area (Å²) >= 11 is 22.8. The van der Waals surface area contributed by atoms with Gasteiger partial charge >= 0.3 is 296 Å². The molecule has 19 heteroatoms. The molecule has 2 fully saturated rings. The van der Waals surface area contributed by atoms with E-state index in [-0.39, 0.29) is 57.9 Å². The Kier molecular flexibility index (Phi) is 35.7. The van der Waals surface area contributed by atoms with Crippen LogP contribution < -0.4 is 0 Å². The second kappa shape index (κ2) is 38.2. The third kappa shape index (κ3) is 22.9. The molecule has 1 aromatic carbocycles. The summed E-state index contributed by atoms with van der Waals surface area (Å²) < 4.78 is 69.2. The van der Waals surface area contributed by atoms with Gasteiger partial charge < -0.3 is 13.6 Å².